The summed E-state index contributed by atoms with van der Waals surface area (Å²) in [7, 11) is 0. The lowest BCUT2D eigenvalue weighted by molar-refractivity contribution is -0.116. The van der Waals surface area contributed by atoms with Gasteiger partial charge in [0.25, 0.3) is 5.56 Å². The molecule has 0 saturated carbocycles. The van der Waals surface area contributed by atoms with Gasteiger partial charge in [-0.1, -0.05) is 39.3 Å². The van der Waals surface area contributed by atoms with Gasteiger partial charge in [0.15, 0.2) is 11.2 Å². The average Bonchev–Trinajstić information content (AvgIpc) is 3.46. The summed E-state index contributed by atoms with van der Waals surface area (Å²) in [6.45, 7) is 7.74. The van der Waals surface area contributed by atoms with Crippen LogP contribution in [0.2, 0.25) is 0 Å². The molecule has 11 nitrogen and oxygen atoms in total. The molecule has 1 amide bonds. The average molecular weight is 493 g/mol. The molecule has 11 heteroatoms. The maximum absolute atomic E-state index is 12.8. The number of aromatic amines is 1. The summed E-state index contributed by atoms with van der Waals surface area (Å²) in [5.74, 6) is 0.710. The van der Waals surface area contributed by atoms with E-state index < -0.39 is 11.2 Å². The van der Waals surface area contributed by atoms with Crippen LogP contribution in [0, 0.1) is 5.92 Å². The maximum atomic E-state index is 12.8. The predicted molar refractivity (Wildman–Crippen MR) is 137 cm³/mol. The van der Waals surface area contributed by atoms with Crippen molar-refractivity contribution in [3.8, 4) is 0 Å². The van der Waals surface area contributed by atoms with Crippen LogP contribution in [0.15, 0.2) is 46.5 Å². The molecule has 0 spiro atoms. The fourth-order valence-electron chi connectivity index (χ4n) is 4.19. The number of carbonyl (C=O) groups is 1. The number of amides is 1. The quantitative estimate of drug-likeness (QED) is 0.331. The van der Waals surface area contributed by atoms with Gasteiger partial charge in [0, 0.05) is 31.6 Å². The van der Waals surface area contributed by atoms with Gasteiger partial charge in [-0.15, -0.1) is 0 Å². The highest BCUT2D eigenvalue weighted by Gasteiger charge is 2.20. The maximum Gasteiger partial charge on any atom is 0.330 e. The van der Waals surface area contributed by atoms with E-state index in [0.29, 0.717) is 48.7 Å². The van der Waals surface area contributed by atoms with Crippen molar-refractivity contribution in [1.82, 2.24) is 33.9 Å². The predicted octanol–water partition coefficient (Wildman–Crippen LogP) is 2.55. The molecule has 0 saturated heterocycles. The van der Waals surface area contributed by atoms with Crippen LogP contribution in [-0.4, -0.2) is 39.8 Å². The van der Waals surface area contributed by atoms with Gasteiger partial charge in [0.2, 0.25) is 5.91 Å². The van der Waals surface area contributed by atoms with Gasteiger partial charge in [-0.25, -0.2) is 19.4 Å². The van der Waals surface area contributed by atoms with Crippen molar-refractivity contribution in [1.29, 1.82) is 0 Å². The van der Waals surface area contributed by atoms with Crippen LogP contribution < -0.4 is 16.6 Å². The molecule has 0 aliphatic rings. The second-order valence-electron chi connectivity index (χ2n) is 9.31. The highest BCUT2D eigenvalue weighted by Crippen LogP contribution is 2.17. The first-order valence-electron chi connectivity index (χ1n) is 12.3. The molecule has 3 aromatic heterocycles. The monoisotopic (exact) mass is 492 g/mol. The molecule has 0 atom stereocenters. The minimum Gasteiger partial charge on any atom is -0.326 e. The topological polar surface area (TPSA) is 132 Å². The van der Waals surface area contributed by atoms with E-state index in [1.165, 1.54) is 10.9 Å². The standard InChI is InChI=1S/C25H32N8O3/c1-4-5-11-32-23-22(24(35)30-25(32)36)33(13-17(2)3)20(29-23)9-10-21(34)28-19-8-6-7-18(12-19)14-31-16-26-15-27-31/h6-8,12,15-17H,4-5,9-11,13-14H2,1-3H3,(H,28,34)(H,30,35,36). The Morgan fingerprint density at radius 2 is 2.03 bits per heavy atom. The Balaban J connectivity index is 1.54. The first kappa shape index (κ1) is 25.1. The van der Waals surface area contributed by atoms with Crippen molar-refractivity contribution >= 4 is 22.8 Å². The van der Waals surface area contributed by atoms with Crippen molar-refractivity contribution < 1.29 is 4.79 Å². The Kier molecular flexibility index (Phi) is 7.77. The number of hydrogen-bond acceptors (Lipinski definition) is 6. The molecule has 0 bridgehead atoms. The normalized spacial score (nSPS) is 11.4. The molecular formula is C25H32N8O3. The number of rotatable bonds is 11. The molecule has 0 unspecified atom stereocenters. The van der Waals surface area contributed by atoms with Gasteiger partial charge >= 0.3 is 5.69 Å². The van der Waals surface area contributed by atoms with Crippen LogP contribution in [0.3, 0.4) is 0 Å². The van der Waals surface area contributed by atoms with Gasteiger partial charge < -0.3 is 9.88 Å². The van der Waals surface area contributed by atoms with Crippen LogP contribution in [0.1, 0.15) is 51.4 Å². The minimum atomic E-state index is -0.454. The van der Waals surface area contributed by atoms with E-state index in [0.717, 1.165) is 18.4 Å². The molecule has 0 radical (unpaired) electrons. The number of nitrogens with zero attached hydrogens (tertiary/aromatic N) is 6. The third kappa shape index (κ3) is 5.78. The first-order valence-corrected chi connectivity index (χ1v) is 12.3. The molecule has 1 aromatic carbocycles. The Labute approximate surface area is 208 Å². The molecule has 36 heavy (non-hydrogen) atoms. The number of nitrogens with one attached hydrogen (secondary N) is 2. The number of unbranched alkanes of at least 4 members (excludes halogenated alkanes) is 1. The van der Waals surface area contributed by atoms with Gasteiger partial charge in [0.05, 0.1) is 6.54 Å². The van der Waals surface area contributed by atoms with E-state index in [9.17, 15) is 14.4 Å². The fourth-order valence-corrected chi connectivity index (χ4v) is 4.19. The van der Waals surface area contributed by atoms with Crippen LogP contribution in [0.5, 0.6) is 0 Å². The van der Waals surface area contributed by atoms with Crippen molar-refractivity contribution in [3.05, 3.63) is 69.1 Å². The molecule has 190 valence electrons. The summed E-state index contributed by atoms with van der Waals surface area (Å²) < 4.78 is 5.09. The fraction of sp³-hybridized carbons (Fsp3) is 0.440. The first-order chi connectivity index (χ1) is 17.4. The third-order valence-electron chi connectivity index (χ3n) is 5.85. The number of hydrogen-bond donors (Lipinski definition) is 2. The van der Waals surface area contributed by atoms with Crippen molar-refractivity contribution in [2.45, 2.75) is 66.1 Å². The lowest BCUT2D eigenvalue weighted by atomic mass is 10.2. The SMILES string of the molecule is CCCCn1c(=O)[nH]c(=O)c2c1nc(CCC(=O)Nc1cccc(Cn3cncn3)c1)n2CC(C)C. The molecule has 3 heterocycles. The second kappa shape index (κ2) is 11.1. The summed E-state index contributed by atoms with van der Waals surface area (Å²) >= 11 is 0. The van der Waals surface area contributed by atoms with E-state index >= 15 is 0 Å². The Hall–Kier alpha value is -4.02. The van der Waals surface area contributed by atoms with Gasteiger partial charge in [-0.05, 0) is 30.0 Å². The Morgan fingerprint density at radius 1 is 1.19 bits per heavy atom. The van der Waals surface area contributed by atoms with E-state index in [4.69, 9.17) is 0 Å². The number of aryl methyl sites for hydroxylation is 2. The van der Waals surface area contributed by atoms with E-state index in [1.807, 2.05) is 35.8 Å². The van der Waals surface area contributed by atoms with E-state index in [-0.39, 0.29) is 18.2 Å². The number of fused-ring (bicyclic) bond motifs is 1. The molecule has 2 N–H and O–H groups in total. The largest absolute Gasteiger partial charge is 0.330 e. The number of benzene rings is 1. The highest BCUT2D eigenvalue weighted by molar-refractivity contribution is 5.90. The second-order valence-corrected chi connectivity index (χ2v) is 9.31. The minimum absolute atomic E-state index is 0.159. The summed E-state index contributed by atoms with van der Waals surface area (Å²) in [5.41, 5.74) is 1.55. The van der Waals surface area contributed by atoms with E-state index in [1.54, 1.807) is 11.0 Å². The summed E-state index contributed by atoms with van der Waals surface area (Å²) in [4.78, 5) is 49.1. The van der Waals surface area contributed by atoms with E-state index in [2.05, 4.69) is 39.2 Å². The number of aromatic nitrogens is 7. The number of anilines is 1. The zero-order valence-corrected chi connectivity index (χ0v) is 20.9. The van der Waals surface area contributed by atoms with Crippen LogP contribution in [0.25, 0.3) is 11.2 Å². The number of carbonyl (C=O) groups excluding carboxylic acids is 1. The Morgan fingerprint density at radius 3 is 2.75 bits per heavy atom. The summed E-state index contributed by atoms with van der Waals surface area (Å²) in [5, 5.41) is 7.05. The molecular weight excluding hydrogens is 460 g/mol. The van der Waals surface area contributed by atoms with Crippen LogP contribution in [0.4, 0.5) is 5.69 Å². The van der Waals surface area contributed by atoms with Gasteiger partial charge in [0.1, 0.15) is 18.5 Å². The van der Waals surface area contributed by atoms with Crippen LogP contribution >= 0.6 is 0 Å². The number of imidazole rings is 1. The van der Waals surface area contributed by atoms with Gasteiger partial charge in [-0.3, -0.25) is 19.1 Å². The molecule has 0 aliphatic heterocycles. The summed E-state index contributed by atoms with van der Waals surface area (Å²) in [6, 6.07) is 7.58. The molecule has 0 aliphatic carbocycles. The smallest absolute Gasteiger partial charge is 0.326 e. The third-order valence-corrected chi connectivity index (χ3v) is 5.85. The highest BCUT2D eigenvalue weighted by atomic mass is 16.2. The van der Waals surface area contributed by atoms with Crippen molar-refractivity contribution in [2.24, 2.45) is 5.92 Å². The zero-order valence-electron chi connectivity index (χ0n) is 20.9. The molecule has 4 aromatic rings. The van der Waals surface area contributed by atoms with Crippen LogP contribution in [-0.2, 0) is 30.8 Å². The van der Waals surface area contributed by atoms with Crippen molar-refractivity contribution in [2.75, 3.05) is 5.32 Å². The Bertz CT molecular complexity index is 1450. The zero-order chi connectivity index (χ0) is 25.7. The van der Waals surface area contributed by atoms with Gasteiger partial charge in [-0.2, -0.15) is 5.10 Å². The number of H-pyrrole nitrogens is 1. The lowest BCUT2D eigenvalue weighted by Gasteiger charge is -2.12. The molecule has 4 rings (SSSR count). The van der Waals surface area contributed by atoms with Crippen molar-refractivity contribution in [3.63, 3.8) is 0 Å². The summed E-state index contributed by atoms with van der Waals surface area (Å²) in [6.07, 6.45) is 5.36. The molecule has 0 fully saturated rings. The lowest BCUT2D eigenvalue weighted by Crippen LogP contribution is -2.31.